The number of carbonyl (C=O) groups excluding carboxylic acids is 1. The summed E-state index contributed by atoms with van der Waals surface area (Å²) in [5.74, 6) is -0.0702. The zero-order valence-corrected chi connectivity index (χ0v) is 12.0. The number of nitrogens with one attached hydrogen (secondary N) is 2. The number of aromatic amines is 1. The number of fused-ring (bicyclic) bond motifs is 1. The number of aromatic nitrogens is 1. The van der Waals surface area contributed by atoms with Crippen molar-refractivity contribution >= 4 is 33.1 Å². The zero-order chi connectivity index (χ0) is 14.7. The van der Waals surface area contributed by atoms with E-state index in [1.54, 1.807) is 11.4 Å². The van der Waals surface area contributed by atoms with Crippen LogP contribution in [0.4, 0.5) is 5.00 Å². The minimum atomic E-state index is -0.0702. The van der Waals surface area contributed by atoms with Gasteiger partial charge in [0.2, 0.25) is 5.91 Å². The number of H-pyrrole nitrogens is 1. The first kappa shape index (κ1) is 13.4. The standard InChI is InChI=1S/C16H13N3OS/c17-9-11-7-8-21-16(11)19-15(20)6-5-12-10-18-14-4-2-1-3-13(12)14/h1-4,7-8,10,18H,5-6H2,(H,19,20). The SMILES string of the molecule is N#Cc1ccsc1NC(=O)CCc1c[nH]c2ccccc12. The van der Waals surface area contributed by atoms with Gasteiger partial charge in [0.05, 0.1) is 5.56 Å². The fourth-order valence-electron chi connectivity index (χ4n) is 2.27. The molecule has 5 heteroatoms. The molecule has 0 fully saturated rings. The number of hydrogen-bond donors (Lipinski definition) is 2. The van der Waals surface area contributed by atoms with E-state index in [0.29, 0.717) is 23.4 Å². The van der Waals surface area contributed by atoms with E-state index in [-0.39, 0.29) is 5.91 Å². The van der Waals surface area contributed by atoms with Crippen molar-refractivity contribution in [3.8, 4) is 6.07 Å². The van der Waals surface area contributed by atoms with E-state index in [2.05, 4.69) is 16.4 Å². The third kappa shape index (κ3) is 2.81. The van der Waals surface area contributed by atoms with Crippen LogP contribution in [0.1, 0.15) is 17.5 Å². The molecule has 0 aliphatic carbocycles. The van der Waals surface area contributed by atoms with E-state index < -0.39 is 0 Å². The molecule has 21 heavy (non-hydrogen) atoms. The topological polar surface area (TPSA) is 68.7 Å². The van der Waals surface area contributed by atoms with E-state index in [1.807, 2.05) is 30.5 Å². The van der Waals surface area contributed by atoms with Gasteiger partial charge in [-0.3, -0.25) is 4.79 Å². The Balaban J connectivity index is 1.65. The molecular formula is C16H13N3OS. The second-order valence-electron chi connectivity index (χ2n) is 4.68. The van der Waals surface area contributed by atoms with Crippen LogP contribution in [0.2, 0.25) is 0 Å². The Labute approximate surface area is 126 Å². The molecule has 2 N–H and O–H groups in total. The van der Waals surface area contributed by atoms with Gasteiger partial charge in [-0.05, 0) is 29.5 Å². The molecule has 1 aromatic carbocycles. The number of aryl methyl sites for hydroxylation is 1. The molecule has 2 aromatic heterocycles. The van der Waals surface area contributed by atoms with Crippen LogP contribution in [0, 0.1) is 11.3 Å². The minimum absolute atomic E-state index is 0.0702. The summed E-state index contributed by atoms with van der Waals surface area (Å²) in [7, 11) is 0. The van der Waals surface area contributed by atoms with Crippen LogP contribution in [0.25, 0.3) is 10.9 Å². The summed E-state index contributed by atoms with van der Waals surface area (Å²) < 4.78 is 0. The fourth-order valence-corrected chi connectivity index (χ4v) is 3.02. The number of benzene rings is 1. The number of hydrogen-bond acceptors (Lipinski definition) is 3. The first-order valence-electron chi connectivity index (χ1n) is 6.60. The predicted molar refractivity (Wildman–Crippen MR) is 84.3 cm³/mol. The van der Waals surface area contributed by atoms with Gasteiger partial charge in [0.25, 0.3) is 0 Å². The normalized spacial score (nSPS) is 10.4. The molecule has 0 unspecified atom stereocenters. The summed E-state index contributed by atoms with van der Waals surface area (Å²) in [5.41, 5.74) is 2.73. The largest absolute Gasteiger partial charge is 0.361 e. The minimum Gasteiger partial charge on any atom is -0.361 e. The molecular weight excluding hydrogens is 282 g/mol. The molecule has 0 bridgehead atoms. The molecule has 4 nitrogen and oxygen atoms in total. The average molecular weight is 295 g/mol. The Morgan fingerprint density at radius 3 is 3.05 bits per heavy atom. The van der Waals surface area contributed by atoms with E-state index >= 15 is 0 Å². The Bertz CT molecular complexity index is 825. The van der Waals surface area contributed by atoms with Gasteiger partial charge in [-0.1, -0.05) is 18.2 Å². The van der Waals surface area contributed by atoms with Crippen molar-refractivity contribution in [2.75, 3.05) is 5.32 Å². The van der Waals surface area contributed by atoms with Gasteiger partial charge in [0, 0.05) is 23.5 Å². The summed E-state index contributed by atoms with van der Waals surface area (Å²) in [5, 5.41) is 15.3. The smallest absolute Gasteiger partial charge is 0.225 e. The molecule has 3 rings (SSSR count). The Morgan fingerprint density at radius 1 is 1.33 bits per heavy atom. The van der Waals surface area contributed by atoms with E-state index in [4.69, 9.17) is 5.26 Å². The summed E-state index contributed by atoms with van der Waals surface area (Å²) in [6.07, 6.45) is 3.01. The molecule has 0 radical (unpaired) electrons. The van der Waals surface area contributed by atoms with Crippen molar-refractivity contribution in [3.63, 3.8) is 0 Å². The van der Waals surface area contributed by atoms with Crippen molar-refractivity contribution < 1.29 is 4.79 Å². The second kappa shape index (κ2) is 5.81. The quantitative estimate of drug-likeness (QED) is 0.771. The molecule has 0 atom stereocenters. The number of thiophene rings is 1. The van der Waals surface area contributed by atoms with Crippen molar-refractivity contribution in [3.05, 3.63) is 53.0 Å². The molecule has 3 aromatic rings. The lowest BCUT2D eigenvalue weighted by Gasteiger charge is -2.03. The van der Waals surface area contributed by atoms with Gasteiger partial charge in [-0.25, -0.2) is 0 Å². The van der Waals surface area contributed by atoms with Crippen LogP contribution in [-0.4, -0.2) is 10.9 Å². The molecule has 0 saturated carbocycles. The van der Waals surface area contributed by atoms with Crippen molar-refractivity contribution in [1.82, 2.24) is 4.98 Å². The summed E-state index contributed by atoms with van der Waals surface area (Å²) in [6, 6.07) is 11.8. The van der Waals surface area contributed by atoms with Crippen molar-refractivity contribution in [2.24, 2.45) is 0 Å². The first-order valence-corrected chi connectivity index (χ1v) is 7.48. The summed E-state index contributed by atoms with van der Waals surface area (Å²) >= 11 is 1.37. The predicted octanol–water partition coefficient (Wildman–Crippen LogP) is 3.67. The van der Waals surface area contributed by atoms with Gasteiger partial charge in [-0.15, -0.1) is 11.3 Å². The molecule has 0 spiro atoms. The number of nitriles is 1. The van der Waals surface area contributed by atoms with Crippen LogP contribution < -0.4 is 5.32 Å². The maximum atomic E-state index is 12.0. The Hall–Kier alpha value is -2.58. The first-order chi connectivity index (χ1) is 10.3. The number of anilines is 1. The van der Waals surface area contributed by atoms with Crippen LogP contribution in [0.3, 0.4) is 0 Å². The fraction of sp³-hybridized carbons (Fsp3) is 0.125. The van der Waals surface area contributed by atoms with Gasteiger partial charge in [0.1, 0.15) is 11.1 Å². The highest BCUT2D eigenvalue weighted by atomic mass is 32.1. The lowest BCUT2D eigenvalue weighted by Crippen LogP contribution is -2.12. The van der Waals surface area contributed by atoms with Crippen molar-refractivity contribution in [2.45, 2.75) is 12.8 Å². The second-order valence-corrected chi connectivity index (χ2v) is 5.60. The Kier molecular flexibility index (Phi) is 3.71. The van der Waals surface area contributed by atoms with E-state index in [1.165, 1.54) is 11.3 Å². The lowest BCUT2D eigenvalue weighted by atomic mass is 10.1. The molecule has 1 amide bonds. The summed E-state index contributed by atoms with van der Waals surface area (Å²) in [6.45, 7) is 0. The highest BCUT2D eigenvalue weighted by Gasteiger charge is 2.10. The van der Waals surface area contributed by atoms with Crippen LogP contribution >= 0.6 is 11.3 Å². The molecule has 104 valence electrons. The average Bonchev–Trinajstić information content (AvgIpc) is 3.11. The number of carbonyl (C=O) groups is 1. The zero-order valence-electron chi connectivity index (χ0n) is 11.2. The van der Waals surface area contributed by atoms with Crippen LogP contribution in [0.15, 0.2) is 41.9 Å². The molecule has 2 heterocycles. The van der Waals surface area contributed by atoms with Crippen LogP contribution in [-0.2, 0) is 11.2 Å². The number of para-hydroxylation sites is 1. The van der Waals surface area contributed by atoms with E-state index in [9.17, 15) is 4.79 Å². The van der Waals surface area contributed by atoms with Gasteiger partial charge in [-0.2, -0.15) is 5.26 Å². The highest BCUT2D eigenvalue weighted by molar-refractivity contribution is 7.14. The van der Waals surface area contributed by atoms with Crippen molar-refractivity contribution in [1.29, 1.82) is 5.26 Å². The molecule has 0 aliphatic heterocycles. The maximum absolute atomic E-state index is 12.0. The number of amides is 1. The van der Waals surface area contributed by atoms with E-state index in [0.717, 1.165) is 16.5 Å². The molecule has 0 aliphatic rings. The Morgan fingerprint density at radius 2 is 2.19 bits per heavy atom. The highest BCUT2D eigenvalue weighted by Crippen LogP contribution is 2.23. The number of nitrogens with zero attached hydrogens (tertiary/aromatic N) is 1. The van der Waals surface area contributed by atoms with Gasteiger partial charge >= 0.3 is 0 Å². The van der Waals surface area contributed by atoms with Crippen LogP contribution in [0.5, 0.6) is 0 Å². The monoisotopic (exact) mass is 295 g/mol. The van der Waals surface area contributed by atoms with Gasteiger partial charge < -0.3 is 10.3 Å². The van der Waals surface area contributed by atoms with Gasteiger partial charge in [0.15, 0.2) is 0 Å². The maximum Gasteiger partial charge on any atom is 0.225 e. The summed E-state index contributed by atoms with van der Waals surface area (Å²) in [4.78, 5) is 15.2. The molecule has 0 saturated heterocycles. The lowest BCUT2D eigenvalue weighted by molar-refractivity contribution is -0.116. The number of rotatable bonds is 4. The third-order valence-corrected chi connectivity index (χ3v) is 4.16. The third-order valence-electron chi connectivity index (χ3n) is 3.33.